The van der Waals surface area contributed by atoms with Crippen LogP contribution in [0.3, 0.4) is 0 Å². The van der Waals surface area contributed by atoms with E-state index in [0.29, 0.717) is 6.04 Å². The third kappa shape index (κ3) is 47.0. The molecular formula is C67H122N12O8. The second-order valence-corrected chi connectivity index (χ2v) is 22.0. The van der Waals surface area contributed by atoms with Crippen LogP contribution in [0.25, 0.3) is 0 Å². The van der Waals surface area contributed by atoms with E-state index in [1.54, 1.807) is 20.8 Å². The van der Waals surface area contributed by atoms with Crippen LogP contribution < -0.4 is 68.8 Å². The zero-order chi connectivity index (χ0) is 66.5. The molecule has 32 N–H and O–H groups in total. The van der Waals surface area contributed by atoms with Crippen molar-refractivity contribution >= 4 is 0 Å². The van der Waals surface area contributed by atoms with Gasteiger partial charge in [0.15, 0.2) is 0 Å². The van der Waals surface area contributed by atoms with Crippen LogP contribution in [0, 0.1) is 5.92 Å². The molecule has 498 valence electrons. The van der Waals surface area contributed by atoms with Gasteiger partial charge in [-0.05, 0) is 100 Å². The monoisotopic (exact) mass is 1220 g/mol. The minimum atomic E-state index is -0.731. The molecule has 0 spiro atoms. The second-order valence-electron chi connectivity index (χ2n) is 22.0. The SMILES string of the molecule is CC[C@H](N)CO.C[C@@H](N)[C@@H](O)c1ccccc1.C[C@@H](O)[C@H](N)CO.C[C@H](N)C1CCCCC1.C[C@H](N)CO.C[C@H](N)c1ccccc1.NC[C@@H](O)CO.N[C@@H](CO)c1ccccc1.N[C@@H]1CCCC[C@H]1N.N[C@H](c1ccccc1)[C@H](N)c1ccccc1. The van der Waals surface area contributed by atoms with E-state index in [4.69, 9.17) is 105 Å². The van der Waals surface area contributed by atoms with Crippen molar-refractivity contribution < 1.29 is 40.9 Å². The molecule has 0 unspecified atom stereocenters. The summed E-state index contributed by atoms with van der Waals surface area (Å²) in [5, 5.41) is 67.4. The lowest BCUT2D eigenvalue weighted by Crippen LogP contribution is -2.43. The molecule has 0 radical (unpaired) electrons. The van der Waals surface area contributed by atoms with E-state index in [0.717, 1.165) is 47.4 Å². The lowest BCUT2D eigenvalue weighted by molar-refractivity contribution is 0.102. The molecule has 7 rings (SSSR count). The van der Waals surface area contributed by atoms with Gasteiger partial charge in [-0.1, -0.05) is 191 Å². The molecule has 2 aliphatic rings. The lowest BCUT2D eigenvalue weighted by atomic mass is 9.85. The Morgan fingerprint density at radius 1 is 0.425 bits per heavy atom. The molecule has 0 bridgehead atoms. The van der Waals surface area contributed by atoms with Crippen molar-refractivity contribution in [3.05, 3.63) is 179 Å². The van der Waals surface area contributed by atoms with E-state index >= 15 is 0 Å². The summed E-state index contributed by atoms with van der Waals surface area (Å²) in [4.78, 5) is 0. The molecule has 5 aromatic carbocycles. The molecule has 87 heavy (non-hydrogen) atoms. The van der Waals surface area contributed by atoms with E-state index in [2.05, 4.69) is 6.92 Å². The predicted octanol–water partition coefficient (Wildman–Crippen LogP) is 3.99. The van der Waals surface area contributed by atoms with Gasteiger partial charge in [-0.15, -0.1) is 0 Å². The molecule has 0 heterocycles. The number of nitrogens with two attached hydrogens (primary N) is 12. The number of hydrogen-bond acceptors (Lipinski definition) is 20. The summed E-state index contributed by atoms with van der Waals surface area (Å²) in [6.45, 7) is 11.1. The molecule has 14 atom stereocenters. The van der Waals surface area contributed by atoms with Gasteiger partial charge in [0.25, 0.3) is 0 Å². The maximum absolute atomic E-state index is 9.47. The smallest absolute Gasteiger partial charge is 0.0938 e. The summed E-state index contributed by atoms with van der Waals surface area (Å²) in [5.74, 6) is 0.832. The molecule has 2 fully saturated rings. The average molecular weight is 1220 g/mol. The van der Waals surface area contributed by atoms with Crippen LogP contribution in [-0.4, -0.2) is 135 Å². The Kier molecular flexibility index (Phi) is 56.2. The summed E-state index contributed by atoms with van der Waals surface area (Å²) < 4.78 is 0. The molecule has 20 nitrogen and oxygen atoms in total. The number of aliphatic hydroxyl groups is 8. The van der Waals surface area contributed by atoms with Gasteiger partial charge in [-0.25, -0.2) is 0 Å². The Morgan fingerprint density at radius 2 is 0.770 bits per heavy atom. The van der Waals surface area contributed by atoms with Crippen molar-refractivity contribution in [2.45, 2.75) is 191 Å². The molecule has 2 aliphatic carbocycles. The Labute approximate surface area is 523 Å². The predicted molar refractivity (Wildman–Crippen MR) is 361 cm³/mol. The molecular weight excluding hydrogens is 1100 g/mol. The zero-order valence-corrected chi connectivity index (χ0v) is 53.4. The highest BCUT2D eigenvalue weighted by Gasteiger charge is 2.18. The highest BCUT2D eigenvalue weighted by molar-refractivity contribution is 5.27. The van der Waals surface area contributed by atoms with E-state index in [1.165, 1.54) is 50.5 Å². The van der Waals surface area contributed by atoms with Crippen molar-refractivity contribution in [1.29, 1.82) is 0 Å². The van der Waals surface area contributed by atoms with Crippen molar-refractivity contribution in [2.24, 2.45) is 74.7 Å². The highest BCUT2D eigenvalue weighted by Crippen LogP contribution is 2.26. The van der Waals surface area contributed by atoms with E-state index in [9.17, 15) is 5.11 Å². The fourth-order valence-corrected chi connectivity index (χ4v) is 7.49. The molecule has 0 aliphatic heterocycles. The largest absolute Gasteiger partial charge is 0.395 e. The summed E-state index contributed by atoms with van der Waals surface area (Å²) in [6.07, 6.45) is 10.8. The van der Waals surface area contributed by atoms with Crippen LogP contribution in [0.4, 0.5) is 0 Å². The van der Waals surface area contributed by atoms with Crippen LogP contribution in [0.15, 0.2) is 152 Å². The topological polar surface area (TPSA) is 474 Å². The summed E-state index contributed by atoms with van der Waals surface area (Å²) in [7, 11) is 0. The van der Waals surface area contributed by atoms with Crippen LogP contribution >= 0.6 is 0 Å². The lowest BCUT2D eigenvalue weighted by Gasteiger charge is -2.24. The van der Waals surface area contributed by atoms with E-state index < -0.39 is 24.4 Å². The van der Waals surface area contributed by atoms with Crippen molar-refractivity contribution in [3.63, 3.8) is 0 Å². The maximum Gasteiger partial charge on any atom is 0.0938 e. The van der Waals surface area contributed by atoms with Crippen molar-refractivity contribution in [2.75, 3.05) is 39.6 Å². The molecule has 0 saturated heterocycles. The molecule has 5 aromatic rings. The second kappa shape index (κ2) is 56.5. The fourth-order valence-electron chi connectivity index (χ4n) is 7.49. The average Bonchev–Trinajstić information content (AvgIpc) is 3.75. The minimum Gasteiger partial charge on any atom is -0.395 e. The Balaban J connectivity index is -0.000000918. The number of hydrogen-bond donors (Lipinski definition) is 20. The standard InChI is InChI=1S/C14H16N2.C9H13NO.C8H11NO.C8H17N.C8H11N.C6H14N2.C4H11NO2.C4H11NO.C3H9NO2.C3H9NO/c15-13(11-7-3-1-4-8-11)14(16)12-9-5-2-6-10-12;1-7(10)9(11)8-5-3-2-4-6-8;9-8(6-10)7-4-2-1-3-5-7;2*1-7(9)8-5-3-2-4-6-8;7-5-3-1-2-4-6(5)8;1-3(7)4(5)2-6;1-2-4(5)3-6;4-1-3(6)2-5;1-3(4)2-5/h1-10,13-14H,15-16H2;2-7,9,11H,10H2,1H3;1-5,8,10H,6,9H2;7-8H,2-6,9H2,1H3;2-7H,9H2,1H3;5-6H,1-4,7-8H2;3-4,6-7H,2,5H2,1H3;4,6H,2-3,5H2,1H3;3,5-6H,1-2,4H2;3,5H,2,4H2,1H3/t13-,14-;7-,9-;8-;2*7-;5-,6-;3-,4-;4-;2*3-/m1100011010/s1. The van der Waals surface area contributed by atoms with E-state index in [1.807, 2.05) is 166 Å². The van der Waals surface area contributed by atoms with E-state index in [-0.39, 0.29) is 94.0 Å². The van der Waals surface area contributed by atoms with Crippen LogP contribution in [0.2, 0.25) is 0 Å². The molecule has 0 amide bonds. The van der Waals surface area contributed by atoms with Gasteiger partial charge < -0.3 is 110 Å². The Hall–Kier alpha value is -4.70. The first-order valence-electron chi connectivity index (χ1n) is 30.7. The number of rotatable bonds is 16. The number of benzene rings is 5. The van der Waals surface area contributed by atoms with Gasteiger partial charge in [0, 0.05) is 60.9 Å². The Morgan fingerprint density at radius 3 is 0.966 bits per heavy atom. The molecule has 0 aromatic heterocycles. The van der Waals surface area contributed by atoms with Crippen molar-refractivity contribution in [1.82, 2.24) is 0 Å². The summed E-state index contributed by atoms with van der Waals surface area (Å²) >= 11 is 0. The minimum absolute atomic E-state index is 0.00398. The molecule has 20 heteroatoms. The highest BCUT2D eigenvalue weighted by atomic mass is 16.3. The quantitative estimate of drug-likeness (QED) is 0.0664. The van der Waals surface area contributed by atoms with Gasteiger partial charge in [0.1, 0.15) is 0 Å². The van der Waals surface area contributed by atoms with Crippen LogP contribution in [-0.2, 0) is 0 Å². The zero-order valence-electron chi connectivity index (χ0n) is 53.4. The van der Waals surface area contributed by atoms with Gasteiger partial charge in [0.2, 0.25) is 0 Å². The summed E-state index contributed by atoms with van der Waals surface area (Å²) in [5.41, 5.74) is 71.5. The van der Waals surface area contributed by atoms with Gasteiger partial charge in [-0.3, -0.25) is 0 Å². The third-order valence-corrected chi connectivity index (χ3v) is 13.8. The van der Waals surface area contributed by atoms with Crippen LogP contribution in [0.1, 0.15) is 164 Å². The normalized spacial score (nSPS) is 18.2. The first-order valence-corrected chi connectivity index (χ1v) is 30.7. The third-order valence-electron chi connectivity index (χ3n) is 13.8. The fraction of sp³-hybridized carbons (Fsp3) is 0.552. The molecule has 2 saturated carbocycles. The van der Waals surface area contributed by atoms with Gasteiger partial charge >= 0.3 is 0 Å². The Bertz CT molecular complexity index is 2110. The van der Waals surface area contributed by atoms with Crippen molar-refractivity contribution in [3.8, 4) is 0 Å². The van der Waals surface area contributed by atoms with Crippen LogP contribution in [0.5, 0.6) is 0 Å². The van der Waals surface area contributed by atoms with Gasteiger partial charge in [-0.2, -0.15) is 0 Å². The summed E-state index contributed by atoms with van der Waals surface area (Å²) in [6, 6.07) is 48.8. The van der Waals surface area contributed by atoms with Gasteiger partial charge in [0.05, 0.1) is 63.4 Å². The maximum atomic E-state index is 9.47. The first kappa shape index (κ1) is 86.5. The first-order chi connectivity index (χ1) is 41.3. The number of aliphatic hydroxyl groups excluding tert-OH is 8.